The molecule has 0 saturated heterocycles. The fourth-order valence-corrected chi connectivity index (χ4v) is 4.37. The molecular formula is C23H22F3N7O2. The topological polar surface area (TPSA) is 103 Å². The number of rotatable bonds is 5. The van der Waals surface area contributed by atoms with Gasteiger partial charge in [0.05, 0.1) is 5.69 Å². The lowest BCUT2D eigenvalue weighted by molar-refractivity contribution is -0.144. The molecule has 1 fully saturated rings. The molecule has 0 atom stereocenters. The zero-order valence-electron chi connectivity index (χ0n) is 18.8. The number of nitrogens with one attached hydrogen (secondary N) is 2. The van der Waals surface area contributed by atoms with Gasteiger partial charge >= 0.3 is 12.2 Å². The molecule has 1 aliphatic carbocycles. The summed E-state index contributed by atoms with van der Waals surface area (Å²) in [7, 11) is 0. The molecule has 1 aromatic carbocycles. The third-order valence-corrected chi connectivity index (χ3v) is 6.65. The lowest BCUT2D eigenvalue weighted by atomic mass is 10.0. The van der Waals surface area contributed by atoms with Crippen LogP contribution in [0, 0.1) is 0 Å². The summed E-state index contributed by atoms with van der Waals surface area (Å²) >= 11 is 0. The minimum atomic E-state index is -4.64. The number of anilines is 2. The summed E-state index contributed by atoms with van der Waals surface area (Å²) in [5.41, 5.74) is 2.71. The van der Waals surface area contributed by atoms with Crippen LogP contribution in [0.4, 0.5) is 24.8 Å². The summed E-state index contributed by atoms with van der Waals surface area (Å²) < 4.78 is 47.2. The van der Waals surface area contributed by atoms with Gasteiger partial charge in [-0.2, -0.15) is 27.8 Å². The van der Waals surface area contributed by atoms with Crippen LogP contribution in [0.5, 0.6) is 0 Å². The van der Waals surface area contributed by atoms with E-state index in [9.17, 15) is 18.0 Å². The Kier molecular flexibility index (Phi) is 4.78. The Hall–Kier alpha value is -3.67. The molecule has 9 nitrogen and oxygen atoms in total. The zero-order valence-corrected chi connectivity index (χ0v) is 18.8. The Morgan fingerprint density at radius 1 is 1.23 bits per heavy atom. The molecule has 2 aliphatic rings. The molecule has 0 amide bonds. The highest BCUT2D eigenvalue weighted by Gasteiger charge is 2.42. The zero-order chi connectivity index (χ0) is 24.4. The fourth-order valence-electron chi connectivity index (χ4n) is 4.37. The van der Waals surface area contributed by atoms with Crippen molar-refractivity contribution in [1.29, 1.82) is 0 Å². The number of halogens is 3. The molecule has 0 unspecified atom stereocenters. The van der Waals surface area contributed by atoms with E-state index in [0.29, 0.717) is 10.4 Å². The van der Waals surface area contributed by atoms with Gasteiger partial charge in [0.2, 0.25) is 5.95 Å². The van der Waals surface area contributed by atoms with Gasteiger partial charge in [-0.1, -0.05) is 13.0 Å². The Morgan fingerprint density at radius 3 is 2.83 bits per heavy atom. The summed E-state index contributed by atoms with van der Waals surface area (Å²) in [6.07, 6.45) is 0.773. The minimum absolute atomic E-state index is 0.0225. The van der Waals surface area contributed by atoms with Gasteiger partial charge in [-0.05, 0) is 49.1 Å². The molecule has 6 rings (SSSR count). The maximum absolute atomic E-state index is 13.4. The van der Waals surface area contributed by atoms with E-state index in [2.05, 4.69) is 25.6 Å². The normalized spacial score (nSPS) is 16.9. The highest BCUT2D eigenvalue weighted by molar-refractivity contribution is 5.76. The van der Waals surface area contributed by atoms with Crippen molar-refractivity contribution in [3.05, 3.63) is 57.8 Å². The van der Waals surface area contributed by atoms with Gasteiger partial charge < -0.3 is 15.1 Å². The van der Waals surface area contributed by atoms with Crippen molar-refractivity contribution in [2.75, 3.05) is 11.9 Å². The van der Waals surface area contributed by atoms with Crippen LogP contribution in [0.15, 0.2) is 39.9 Å². The van der Waals surface area contributed by atoms with Crippen LogP contribution in [0.25, 0.3) is 17.0 Å². The van der Waals surface area contributed by atoms with Crippen molar-refractivity contribution >= 4 is 22.7 Å². The molecule has 0 radical (unpaired) electrons. The predicted molar refractivity (Wildman–Crippen MR) is 121 cm³/mol. The first-order valence-corrected chi connectivity index (χ1v) is 11.3. The van der Waals surface area contributed by atoms with Gasteiger partial charge in [-0.15, -0.1) is 0 Å². The molecule has 12 heteroatoms. The molecule has 1 saturated carbocycles. The Labute approximate surface area is 197 Å². The average molecular weight is 485 g/mol. The van der Waals surface area contributed by atoms with E-state index < -0.39 is 18.3 Å². The van der Waals surface area contributed by atoms with Crippen LogP contribution < -0.4 is 16.2 Å². The Balaban J connectivity index is 1.45. The van der Waals surface area contributed by atoms with E-state index in [-0.39, 0.29) is 28.4 Å². The predicted octanol–water partition coefficient (Wildman–Crippen LogP) is 3.57. The first-order valence-electron chi connectivity index (χ1n) is 11.3. The molecule has 182 valence electrons. The number of alkyl halides is 3. The van der Waals surface area contributed by atoms with Crippen molar-refractivity contribution in [3.63, 3.8) is 0 Å². The standard InChI is InChI=1S/C23H22F3N7O2/c1-22(5-6-22)17-11-35-21(30-17)33-18-16(19(34)32(33)12-23(24,25)26)10-28-20(31-18)29-15-3-2-13-4-7-27-9-14(13)8-15/h2-3,8,10-11,27H,4-7,9,12H2,1H3,(H,28,29,31). The second-order valence-corrected chi connectivity index (χ2v) is 9.33. The lowest BCUT2D eigenvalue weighted by Crippen LogP contribution is -2.30. The van der Waals surface area contributed by atoms with Gasteiger partial charge in [0, 0.05) is 23.8 Å². The van der Waals surface area contributed by atoms with Crippen LogP contribution in [-0.2, 0) is 24.9 Å². The van der Waals surface area contributed by atoms with E-state index in [4.69, 9.17) is 4.42 Å². The SMILES string of the molecule is CC1(c2coc(-n3c4nc(Nc5ccc6c(c5)CNCC6)ncc4c(=O)n3CC(F)(F)F)n2)CC1. The largest absolute Gasteiger partial charge is 0.430 e. The Morgan fingerprint density at radius 2 is 2.06 bits per heavy atom. The third-order valence-electron chi connectivity index (χ3n) is 6.65. The maximum atomic E-state index is 13.4. The number of oxazole rings is 1. The van der Waals surface area contributed by atoms with Crippen molar-refractivity contribution in [2.45, 2.75) is 50.9 Å². The van der Waals surface area contributed by atoms with Crippen LogP contribution >= 0.6 is 0 Å². The van der Waals surface area contributed by atoms with E-state index >= 15 is 0 Å². The summed E-state index contributed by atoms with van der Waals surface area (Å²) in [5.74, 6) is 0.139. The summed E-state index contributed by atoms with van der Waals surface area (Å²) in [5, 5.41) is 6.35. The molecule has 1 aliphatic heterocycles. The van der Waals surface area contributed by atoms with E-state index in [1.807, 2.05) is 25.1 Å². The molecule has 35 heavy (non-hydrogen) atoms. The molecule has 0 spiro atoms. The first-order chi connectivity index (χ1) is 16.7. The number of aromatic nitrogens is 5. The molecule has 4 heterocycles. The summed E-state index contributed by atoms with van der Waals surface area (Å²) in [6, 6.07) is 5.76. The lowest BCUT2D eigenvalue weighted by Gasteiger charge is -2.18. The maximum Gasteiger partial charge on any atom is 0.408 e. The highest BCUT2D eigenvalue weighted by atomic mass is 19.4. The molecule has 4 aromatic rings. The van der Waals surface area contributed by atoms with Gasteiger partial charge in [0.1, 0.15) is 18.2 Å². The van der Waals surface area contributed by atoms with Gasteiger partial charge in [-0.25, -0.2) is 9.67 Å². The number of hydrogen-bond donors (Lipinski definition) is 2. The second-order valence-electron chi connectivity index (χ2n) is 9.33. The van der Waals surface area contributed by atoms with E-state index in [0.717, 1.165) is 48.3 Å². The second kappa shape index (κ2) is 7.67. The monoisotopic (exact) mass is 485 g/mol. The van der Waals surface area contributed by atoms with E-state index in [1.54, 1.807) is 0 Å². The molecule has 0 bridgehead atoms. The van der Waals surface area contributed by atoms with Gasteiger partial charge in [0.25, 0.3) is 5.56 Å². The smallest absolute Gasteiger partial charge is 0.408 e. The molecule has 2 N–H and O–H groups in total. The fraction of sp³-hybridized carbons (Fsp3) is 0.391. The van der Waals surface area contributed by atoms with Crippen molar-refractivity contribution in [3.8, 4) is 6.01 Å². The molecular weight excluding hydrogens is 463 g/mol. The first kappa shape index (κ1) is 21.8. The van der Waals surface area contributed by atoms with Crippen LogP contribution in [0.3, 0.4) is 0 Å². The number of nitrogens with zero attached hydrogens (tertiary/aromatic N) is 5. The van der Waals surface area contributed by atoms with Crippen molar-refractivity contribution < 1.29 is 17.6 Å². The van der Waals surface area contributed by atoms with Crippen LogP contribution in [0.1, 0.15) is 36.6 Å². The summed E-state index contributed by atoms with van der Waals surface area (Å²) in [4.78, 5) is 25.9. The van der Waals surface area contributed by atoms with Crippen LogP contribution in [-0.4, -0.2) is 37.0 Å². The quantitative estimate of drug-likeness (QED) is 0.446. The van der Waals surface area contributed by atoms with Crippen molar-refractivity contribution in [2.24, 2.45) is 0 Å². The van der Waals surface area contributed by atoms with Gasteiger partial charge in [-0.3, -0.25) is 4.79 Å². The van der Waals surface area contributed by atoms with Gasteiger partial charge in [0.15, 0.2) is 5.65 Å². The van der Waals surface area contributed by atoms with Crippen LogP contribution in [0.2, 0.25) is 0 Å². The minimum Gasteiger partial charge on any atom is -0.430 e. The number of benzene rings is 1. The number of hydrogen-bond acceptors (Lipinski definition) is 7. The number of fused-ring (bicyclic) bond motifs is 2. The Bertz CT molecular complexity index is 1500. The summed E-state index contributed by atoms with van der Waals surface area (Å²) in [6.45, 7) is 2.16. The third kappa shape index (κ3) is 3.97. The van der Waals surface area contributed by atoms with E-state index in [1.165, 1.54) is 18.0 Å². The van der Waals surface area contributed by atoms with Crippen molar-refractivity contribution in [1.82, 2.24) is 29.6 Å². The average Bonchev–Trinajstić information content (AvgIpc) is 3.27. The molecule has 3 aromatic heterocycles. The highest BCUT2D eigenvalue weighted by Crippen LogP contribution is 2.47.